The van der Waals surface area contributed by atoms with Crippen molar-refractivity contribution < 1.29 is 19.5 Å². The molecule has 3 amide bonds. The number of nitrogens with zero attached hydrogens (tertiary/aromatic N) is 1. The molecule has 0 spiro atoms. The number of aliphatic hydroxyl groups is 1. The van der Waals surface area contributed by atoms with E-state index in [9.17, 15) is 19.5 Å². The monoisotopic (exact) mass is 372 g/mol. The van der Waals surface area contributed by atoms with Crippen molar-refractivity contribution in [2.24, 2.45) is 0 Å². The summed E-state index contributed by atoms with van der Waals surface area (Å²) >= 11 is 0. The van der Waals surface area contributed by atoms with Gasteiger partial charge >= 0.3 is 0 Å². The minimum atomic E-state index is -0.590. The van der Waals surface area contributed by atoms with Crippen molar-refractivity contribution >= 4 is 17.7 Å². The Kier molecular flexibility index (Phi) is 4.94. The Balaban J connectivity index is 1.43. The average Bonchev–Trinajstić information content (AvgIpc) is 3.19. The van der Waals surface area contributed by atoms with Crippen LogP contribution in [0.1, 0.15) is 40.7 Å². The first-order valence-electron chi connectivity index (χ1n) is 9.40. The van der Waals surface area contributed by atoms with Gasteiger partial charge < -0.3 is 20.6 Å². The van der Waals surface area contributed by atoms with Crippen molar-refractivity contribution in [2.75, 3.05) is 13.1 Å². The van der Waals surface area contributed by atoms with Crippen LogP contribution in [0.4, 0.5) is 0 Å². The van der Waals surface area contributed by atoms with Crippen molar-refractivity contribution in [2.45, 2.75) is 50.5 Å². The molecule has 0 aromatic heterocycles. The number of amides is 3. The van der Waals surface area contributed by atoms with Crippen LogP contribution in [-0.4, -0.2) is 59.0 Å². The van der Waals surface area contributed by atoms with Gasteiger partial charge in [-0.25, -0.2) is 0 Å². The molecule has 4 N–H and O–H groups in total. The van der Waals surface area contributed by atoms with Gasteiger partial charge in [0.25, 0.3) is 5.91 Å². The van der Waals surface area contributed by atoms with E-state index in [4.69, 9.17) is 0 Å². The first kappa shape index (κ1) is 18.1. The van der Waals surface area contributed by atoms with E-state index in [1.54, 1.807) is 11.0 Å². The standard InChI is InChI=1S/C19H24N4O4/c24-13-6-12(21-9-13)8-20-7-11-2-1-3-14-15(11)10-23(19(14)27)16-4-5-17(25)22-18(16)26/h1-3,12-13,16,20-21,24H,4-10H2,(H,22,25,26)/t12-,13+,16?/m0/s1. The van der Waals surface area contributed by atoms with E-state index >= 15 is 0 Å². The number of β-amino-alcohol motifs (C(OH)–C–C–N with tert-alkyl or cyclic N) is 1. The van der Waals surface area contributed by atoms with Gasteiger partial charge in [0.05, 0.1) is 6.10 Å². The van der Waals surface area contributed by atoms with Crippen molar-refractivity contribution in [3.05, 3.63) is 34.9 Å². The van der Waals surface area contributed by atoms with Crippen LogP contribution in [0.15, 0.2) is 18.2 Å². The average molecular weight is 372 g/mol. The zero-order valence-corrected chi connectivity index (χ0v) is 15.0. The van der Waals surface area contributed by atoms with Crippen LogP contribution < -0.4 is 16.0 Å². The fraction of sp³-hybridized carbons (Fsp3) is 0.526. The molecule has 2 fully saturated rings. The predicted molar refractivity (Wildman–Crippen MR) is 96.6 cm³/mol. The quantitative estimate of drug-likeness (QED) is 0.507. The summed E-state index contributed by atoms with van der Waals surface area (Å²) in [5.74, 6) is -0.823. The van der Waals surface area contributed by atoms with Crippen LogP contribution in [0.5, 0.6) is 0 Å². The third-order valence-electron chi connectivity index (χ3n) is 5.58. The summed E-state index contributed by atoms with van der Waals surface area (Å²) in [6.45, 7) is 2.38. The smallest absolute Gasteiger partial charge is 0.255 e. The Morgan fingerprint density at radius 2 is 2.11 bits per heavy atom. The van der Waals surface area contributed by atoms with Crippen molar-refractivity contribution in [3.8, 4) is 0 Å². The lowest BCUT2D eigenvalue weighted by Crippen LogP contribution is -2.52. The Morgan fingerprint density at radius 1 is 1.26 bits per heavy atom. The Labute approximate surface area is 157 Å². The molecule has 0 radical (unpaired) electrons. The highest BCUT2D eigenvalue weighted by molar-refractivity contribution is 6.05. The van der Waals surface area contributed by atoms with Crippen LogP contribution in [0, 0.1) is 0 Å². The Bertz CT molecular complexity index is 781. The van der Waals surface area contributed by atoms with E-state index in [2.05, 4.69) is 16.0 Å². The molecule has 2 saturated heterocycles. The van der Waals surface area contributed by atoms with Gasteiger partial charge in [0.15, 0.2) is 0 Å². The lowest BCUT2D eigenvalue weighted by Gasteiger charge is -2.29. The third-order valence-corrected chi connectivity index (χ3v) is 5.58. The zero-order chi connectivity index (χ0) is 19.0. The molecular weight excluding hydrogens is 348 g/mol. The van der Waals surface area contributed by atoms with Crippen molar-refractivity contribution in [3.63, 3.8) is 0 Å². The summed E-state index contributed by atoms with van der Waals surface area (Å²) in [5, 5.41) is 18.6. The second kappa shape index (κ2) is 7.38. The highest BCUT2D eigenvalue weighted by Crippen LogP contribution is 2.29. The number of nitrogens with one attached hydrogen (secondary N) is 3. The van der Waals surface area contributed by atoms with Gasteiger partial charge in [0.2, 0.25) is 11.8 Å². The first-order valence-corrected chi connectivity index (χ1v) is 9.40. The molecule has 3 aliphatic rings. The zero-order valence-electron chi connectivity index (χ0n) is 15.0. The number of carbonyl (C=O) groups is 3. The number of aliphatic hydroxyl groups excluding tert-OH is 1. The summed E-state index contributed by atoms with van der Waals surface area (Å²) in [6, 6.07) is 5.30. The molecule has 1 aromatic carbocycles. The molecule has 3 aliphatic heterocycles. The summed E-state index contributed by atoms with van der Waals surface area (Å²) in [7, 11) is 0. The SMILES string of the molecule is O=C1CCC(N2Cc3c(CNC[C@@H]4C[C@@H](O)CN4)cccc3C2=O)C(=O)N1. The molecular formula is C19H24N4O4. The topological polar surface area (TPSA) is 111 Å². The molecule has 1 unspecified atom stereocenters. The molecule has 0 saturated carbocycles. The van der Waals surface area contributed by atoms with Crippen LogP contribution in [-0.2, 0) is 22.7 Å². The summed E-state index contributed by atoms with van der Waals surface area (Å²) < 4.78 is 0. The van der Waals surface area contributed by atoms with Gasteiger partial charge in [-0.3, -0.25) is 19.7 Å². The maximum absolute atomic E-state index is 12.8. The van der Waals surface area contributed by atoms with Gasteiger partial charge in [-0.2, -0.15) is 0 Å². The summed E-state index contributed by atoms with van der Waals surface area (Å²) in [6.07, 6.45) is 1.08. The molecule has 8 nitrogen and oxygen atoms in total. The molecule has 1 aromatic rings. The molecule has 27 heavy (non-hydrogen) atoms. The summed E-state index contributed by atoms with van der Waals surface area (Å²) in [5.41, 5.74) is 2.61. The van der Waals surface area contributed by atoms with Gasteiger partial charge in [0, 0.05) is 44.2 Å². The highest BCUT2D eigenvalue weighted by atomic mass is 16.3. The third kappa shape index (κ3) is 3.60. The number of imide groups is 1. The number of hydrogen-bond donors (Lipinski definition) is 4. The van der Waals surface area contributed by atoms with Gasteiger partial charge in [-0.15, -0.1) is 0 Å². The predicted octanol–water partition coefficient (Wildman–Crippen LogP) is -0.740. The van der Waals surface area contributed by atoms with Crippen molar-refractivity contribution in [1.29, 1.82) is 0 Å². The number of hydrogen-bond acceptors (Lipinski definition) is 6. The molecule has 0 bridgehead atoms. The highest BCUT2D eigenvalue weighted by Gasteiger charge is 2.39. The Morgan fingerprint density at radius 3 is 2.85 bits per heavy atom. The molecule has 144 valence electrons. The number of piperidine rings is 1. The van der Waals surface area contributed by atoms with Crippen LogP contribution in [0.25, 0.3) is 0 Å². The van der Waals surface area contributed by atoms with E-state index < -0.39 is 11.9 Å². The molecule has 0 aliphatic carbocycles. The molecule has 4 rings (SSSR count). The fourth-order valence-corrected chi connectivity index (χ4v) is 4.15. The maximum Gasteiger partial charge on any atom is 0.255 e. The minimum absolute atomic E-state index is 0.151. The van der Waals surface area contributed by atoms with Gasteiger partial charge in [0.1, 0.15) is 6.04 Å². The van der Waals surface area contributed by atoms with E-state index in [-0.39, 0.29) is 30.4 Å². The number of rotatable bonds is 5. The molecule has 3 heterocycles. The molecule has 3 atom stereocenters. The van der Waals surface area contributed by atoms with Gasteiger partial charge in [-0.1, -0.05) is 12.1 Å². The lowest BCUT2D eigenvalue weighted by molar-refractivity contribution is -0.136. The second-order valence-corrected chi connectivity index (χ2v) is 7.47. The second-order valence-electron chi connectivity index (χ2n) is 7.47. The van der Waals surface area contributed by atoms with E-state index in [1.807, 2.05) is 12.1 Å². The van der Waals surface area contributed by atoms with E-state index in [0.717, 1.165) is 24.1 Å². The van der Waals surface area contributed by atoms with Crippen LogP contribution in [0.3, 0.4) is 0 Å². The van der Waals surface area contributed by atoms with E-state index in [1.165, 1.54) is 0 Å². The first-order chi connectivity index (χ1) is 13.0. The lowest BCUT2D eigenvalue weighted by atomic mass is 10.0. The number of benzene rings is 1. The van der Waals surface area contributed by atoms with Gasteiger partial charge in [-0.05, 0) is 30.0 Å². The maximum atomic E-state index is 12.8. The van der Waals surface area contributed by atoms with Crippen LogP contribution >= 0.6 is 0 Å². The normalized spacial score (nSPS) is 27.8. The molecule has 8 heteroatoms. The fourth-order valence-electron chi connectivity index (χ4n) is 4.15. The van der Waals surface area contributed by atoms with Crippen LogP contribution in [0.2, 0.25) is 0 Å². The Hall–Kier alpha value is -2.29. The number of carbonyl (C=O) groups excluding carboxylic acids is 3. The van der Waals surface area contributed by atoms with Crippen molar-refractivity contribution in [1.82, 2.24) is 20.9 Å². The van der Waals surface area contributed by atoms with E-state index in [0.29, 0.717) is 31.6 Å². The number of fused-ring (bicyclic) bond motifs is 1. The minimum Gasteiger partial charge on any atom is -0.392 e. The summed E-state index contributed by atoms with van der Waals surface area (Å²) in [4.78, 5) is 37.9. The largest absolute Gasteiger partial charge is 0.392 e.